The fourth-order valence-corrected chi connectivity index (χ4v) is 3.20. The van der Waals surface area contributed by atoms with Crippen molar-refractivity contribution in [1.82, 2.24) is 4.68 Å². The van der Waals surface area contributed by atoms with Gasteiger partial charge in [0.05, 0.1) is 18.4 Å². The van der Waals surface area contributed by atoms with Crippen LogP contribution in [0.4, 0.5) is 13.2 Å². The minimum absolute atomic E-state index is 0.0166. The fourth-order valence-electron chi connectivity index (χ4n) is 3.20. The molecule has 0 amide bonds. The molecular formula is C20H18F3N3O2. The van der Waals surface area contributed by atoms with Gasteiger partial charge in [0.2, 0.25) is 0 Å². The summed E-state index contributed by atoms with van der Waals surface area (Å²) >= 11 is 0. The highest BCUT2D eigenvalue weighted by Gasteiger charge is 2.36. The Morgan fingerprint density at radius 1 is 1.14 bits per heavy atom. The van der Waals surface area contributed by atoms with Crippen LogP contribution in [0, 0.1) is 11.3 Å². The lowest BCUT2D eigenvalue weighted by Crippen LogP contribution is -2.27. The lowest BCUT2D eigenvalue weighted by molar-refractivity contribution is -0.137. The third-order valence-corrected chi connectivity index (χ3v) is 4.66. The molecule has 1 aromatic heterocycles. The number of ether oxygens (including phenoxy) is 1. The van der Waals surface area contributed by atoms with Gasteiger partial charge in [0.25, 0.3) is 5.56 Å². The van der Waals surface area contributed by atoms with Crippen LogP contribution in [-0.2, 0) is 6.18 Å². The van der Waals surface area contributed by atoms with Crippen LogP contribution in [0.2, 0.25) is 0 Å². The fraction of sp³-hybridized carbons (Fsp3) is 0.350. The minimum atomic E-state index is -4.83. The molecule has 1 aromatic carbocycles. The average molecular weight is 389 g/mol. The van der Waals surface area contributed by atoms with Gasteiger partial charge in [0.15, 0.2) is 0 Å². The molecule has 2 aromatic rings. The molecule has 28 heavy (non-hydrogen) atoms. The molecule has 0 unspecified atom stereocenters. The first-order chi connectivity index (χ1) is 13.3. The van der Waals surface area contributed by atoms with E-state index in [0.29, 0.717) is 24.2 Å². The molecule has 0 N–H and O–H groups in total. The maximum Gasteiger partial charge on any atom is 0.417 e. The Bertz CT molecular complexity index is 992. The van der Waals surface area contributed by atoms with Crippen molar-refractivity contribution in [2.45, 2.75) is 38.3 Å². The molecule has 0 aliphatic heterocycles. The SMILES string of the molecule is COc1ccc(-c2cc(C(F)(F)F)c(C#N)c(=O)n2N=C2CCCCC2)cc1. The first kappa shape index (κ1) is 19.7. The van der Waals surface area contributed by atoms with Crippen LogP contribution in [0.25, 0.3) is 11.3 Å². The van der Waals surface area contributed by atoms with Crippen LogP contribution in [0.3, 0.4) is 0 Å². The predicted molar refractivity (Wildman–Crippen MR) is 98.3 cm³/mol. The van der Waals surface area contributed by atoms with Gasteiger partial charge in [-0.25, -0.2) is 0 Å². The Balaban J connectivity index is 2.28. The third-order valence-electron chi connectivity index (χ3n) is 4.66. The van der Waals surface area contributed by atoms with E-state index < -0.39 is 22.9 Å². The number of alkyl halides is 3. The van der Waals surface area contributed by atoms with E-state index in [1.165, 1.54) is 13.2 Å². The largest absolute Gasteiger partial charge is 0.497 e. The molecule has 1 aliphatic rings. The van der Waals surface area contributed by atoms with Crippen LogP contribution in [0.5, 0.6) is 5.75 Å². The predicted octanol–water partition coefficient (Wildman–Crippen LogP) is 4.58. The summed E-state index contributed by atoms with van der Waals surface area (Å²) in [5, 5.41) is 13.5. The van der Waals surface area contributed by atoms with E-state index in [4.69, 9.17) is 4.74 Å². The van der Waals surface area contributed by atoms with Gasteiger partial charge in [-0.3, -0.25) is 4.79 Å². The number of halogens is 3. The molecule has 8 heteroatoms. The molecule has 146 valence electrons. The second-order valence-corrected chi connectivity index (χ2v) is 6.50. The van der Waals surface area contributed by atoms with Crippen molar-refractivity contribution in [2.24, 2.45) is 5.10 Å². The van der Waals surface area contributed by atoms with Gasteiger partial charge in [-0.05, 0) is 56.0 Å². The summed E-state index contributed by atoms with van der Waals surface area (Å²) in [6, 6.07) is 8.50. The van der Waals surface area contributed by atoms with Crippen molar-refractivity contribution in [3.63, 3.8) is 0 Å². The Hall–Kier alpha value is -3.08. The maximum atomic E-state index is 13.5. The molecule has 0 saturated heterocycles. The number of aromatic nitrogens is 1. The number of pyridine rings is 1. The zero-order valence-corrected chi connectivity index (χ0v) is 15.2. The van der Waals surface area contributed by atoms with Crippen molar-refractivity contribution in [1.29, 1.82) is 5.26 Å². The summed E-state index contributed by atoms with van der Waals surface area (Å²) in [7, 11) is 1.48. The first-order valence-corrected chi connectivity index (χ1v) is 8.83. The first-order valence-electron chi connectivity index (χ1n) is 8.83. The molecular weight excluding hydrogens is 371 g/mol. The molecule has 0 bridgehead atoms. The van der Waals surface area contributed by atoms with E-state index in [0.717, 1.165) is 35.7 Å². The molecule has 0 spiro atoms. The van der Waals surface area contributed by atoms with Crippen LogP contribution in [0.1, 0.15) is 43.2 Å². The third kappa shape index (κ3) is 3.93. The second kappa shape index (κ2) is 7.89. The minimum Gasteiger partial charge on any atom is -0.497 e. The van der Waals surface area contributed by atoms with Crippen LogP contribution >= 0.6 is 0 Å². The highest BCUT2D eigenvalue weighted by atomic mass is 19.4. The summed E-state index contributed by atoms with van der Waals surface area (Å²) in [6.07, 6.45) is -0.596. The number of hydrogen-bond donors (Lipinski definition) is 0. The Kier molecular flexibility index (Phi) is 5.54. The standard InChI is InChI=1S/C20H18F3N3O2/c1-28-15-9-7-13(8-10-15)18-11-17(20(21,22)23)16(12-24)19(27)26(18)25-14-5-3-2-4-6-14/h7-11H,2-6H2,1H3. The molecule has 0 radical (unpaired) electrons. The van der Waals surface area contributed by atoms with E-state index in [2.05, 4.69) is 5.10 Å². The van der Waals surface area contributed by atoms with E-state index in [1.54, 1.807) is 24.3 Å². The highest BCUT2D eigenvalue weighted by Crippen LogP contribution is 2.34. The number of hydrogen-bond acceptors (Lipinski definition) is 4. The summed E-state index contributed by atoms with van der Waals surface area (Å²) in [6.45, 7) is 0. The zero-order chi connectivity index (χ0) is 20.3. The van der Waals surface area contributed by atoms with Gasteiger partial charge in [0, 0.05) is 11.3 Å². The molecule has 0 atom stereocenters. The van der Waals surface area contributed by atoms with Crippen molar-refractivity contribution in [3.8, 4) is 23.1 Å². The molecule has 3 rings (SSSR count). The van der Waals surface area contributed by atoms with Gasteiger partial charge < -0.3 is 4.74 Å². The number of rotatable bonds is 3. The van der Waals surface area contributed by atoms with E-state index >= 15 is 0 Å². The summed E-state index contributed by atoms with van der Waals surface area (Å²) in [5.41, 5.74) is -2.19. The van der Waals surface area contributed by atoms with E-state index in [9.17, 15) is 23.2 Å². The van der Waals surface area contributed by atoms with Gasteiger partial charge in [0.1, 0.15) is 17.4 Å². The average Bonchev–Trinajstić information content (AvgIpc) is 2.69. The van der Waals surface area contributed by atoms with Crippen LogP contribution in [0.15, 0.2) is 40.2 Å². The van der Waals surface area contributed by atoms with Crippen molar-refractivity contribution < 1.29 is 17.9 Å². The summed E-state index contributed by atoms with van der Waals surface area (Å²) < 4.78 is 46.4. The van der Waals surface area contributed by atoms with E-state index in [1.807, 2.05) is 0 Å². The molecule has 1 heterocycles. The Morgan fingerprint density at radius 2 is 1.79 bits per heavy atom. The lowest BCUT2D eigenvalue weighted by atomic mass is 9.99. The van der Waals surface area contributed by atoms with Gasteiger partial charge >= 0.3 is 6.18 Å². The number of methoxy groups -OCH3 is 1. The van der Waals surface area contributed by atoms with Crippen molar-refractivity contribution in [2.75, 3.05) is 7.11 Å². The van der Waals surface area contributed by atoms with Crippen molar-refractivity contribution in [3.05, 3.63) is 51.8 Å². The lowest BCUT2D eigenvalue weighted by Gasteiger charge is -2.17. The second-order valence-electron chi connectivity index (χ2n) is 6.50. The Morgan fingerprint density at radius 3 is 2.32 bits per heavy atom. The quantitative estimate of drug-likeness (QED) is 0.772. The van der Waals surface area contributed by atoms with Gasteiger partial charge in [-0.2, -0.15) is 28.2 Å². The molecule has 5 nitrogen and oxygen atoms in total. The Labute approximate surface area is 159 Å². The number of nitriles is 1. The van der Waals surface area contributed by atoms with Crippen LogP contribution < -0.4 is 10.3 Å². The van der Waals surface area contributed by atoms with Gasteiger partial charge in [-0.15, -0.1) is 0 Å². The number of benzene rings is 1. The zero-order valence-electron chi connectivity index (χ0n) is 15.2. The maximum absolute atomic E-state index is 13.5. The highest BCUT2D eigenvalue weighted by molar-refractivity contribution is 5.85. The number of nitrogens with zero attached hydrogens (tertiary/aromatic N) is 3. The smallest absolute Gasteiger partial charge is 0.417 e. The van der Waals surface area contributed by atoms with E-state index in [-0.39, 0.29) is 5.69 Å². The topological polar surface area (TPSA) is 67.4 Å². The normalized spacial score (nSPS) is 14.5. The summed E-state index contributed by atoms with van der Waals surface area (Å²) in [4.78, 5) is 12.8. The molecule has 1 aliphatic carbocycles. The molecule has 1 fully saturated rings. The van der Waals surface area contributed by atoms with Gasteiger partial charge in [-0.1, -0.05) is 6.42 Å². The molecule has 1 saturated carbocycles. The van der Waals surface area contributed by atoms with Crippen LogP contribution in [-0.4, -0.2) is 17.5 Å². The monoisotopic (exact) mass is 389 g/mol. The summed E-state index contributed by atoms with van der Waals surface area (Å²) in [5.74, 6) is 0.529. The van der Waals surface area contributed by atoms with Crippen molar-refractivity contribution >= 4 is 5.71 Å².